The molecule has 6 rings (SSSR count). The summed E-state index contributed by atoms with van der Waals surface area (Å²) < 4.78 is 2.31. The summed E-state index contributed by atoms with van der Waals surface area (Å²) in [6.07, 6.45) is 11.5. The summed E-state index contributed by atoms with van der Waals surface area (Å²) in [5.41, 5.74) is 7.74. The summed E-state index contributed by atoms with van der Waals surface area (Å²) in [6.45, 7) is 14.0. The Morgan fingerprint density at radius 3 is 2.38 bits per heavy atom. The average molecular weight is 765 g/mol. The number of urea groups is 1. The van der Waals surface area contributed by atoms with Crippen molar-refractivity contribution in [2.45, 2.75) is 102 Å². The average Bonchev–Trinajstić information content (AvgIpc) is 3.72. The van der Waals surface area contributed by atoms with Crippen LogP contribution in [0.15, 0.2) is 72.5 Å². The van der Waals surface area contributed by atoms with Gasteiger partial charge in [0, 0.05) is 71.9 Å². The van der Waals surface area contributed by atoms with Gasteiger partial charge in [-0.15, -0.1) is 0 Å². The van der Waals surface area contributed by atoms with E-state index in [9.17, 15) is 14.4 Å². The fourth-order valence-electron chi connectivity index (χ4n) is 7.78. The van der Waals surface area contributed by atoms with Gasteiger partial charge in [-0.1, -0.05) is 62.7 Å². The first kappa shape index (κ1) is 39.4. The molecule has 0 radical (unpaired) electrons. The van der Waals surface area contributed by atoms with E-state index in [2.05, 4.69) is 127 Å². The number of carbonyl (C=O) groups excluding carboxylic acids is 3. The van der Waals surface area contributed by atoms with Crippen molar-refractivity contribution < 1.29 is 35.9 Å². The molecule has 2 aromatic carbocycles. The maximum Gasteiger partial charge on any atom is 0.315 e. The lowest BCUT2D eigenvalue weighted by atomic mass is 9.81. The van der Waals surface area contributed by atoms with Crippen molar-refractivity contribution in [2.75, 3.05) is 30.8 Å². The lowest BCUT2D eigenvalue weighted by Gasteiger charge is -2.27. The van der Waals surface area contributed by atoms with Crippen LogP contribution in [0.4, 0.5) is 16.2 Å². The van der Waals surface area contributed by atoms with Gasteiger partial charge < -0.3 is 42.6 Å². The van der Waals surface area contributed by atoms with E-state index in [1.807, 2.05) is 11.8 Å². The van der Waals surface area contributed by atoms with Crippen LogP contribution in [0.25, 0.3) is 0 Å². The Kier molecular flexibility index (Phi) is 13.2. The largest absolute Gasteiger partial charge is 1.00 e. The molecule has 2 fully saturated rings. The lowest BCUT2D eigenvalue weighted by molar-refractivity contribution is -0.401. The predicted molar refractivity (Wildman–Crippen MR) is 202 cm³/mol. The van der Waals surface area contributed by atoms with Crippen molar-refractivity contribution in [3.8, 4) is 0 Å². The Morgan fingerprint density at radius 1 is 0.980 bits per heavy atom. The summed E-state index contributed by atoms with van der Waals surface area (Å²) >= 11 is 1.93. The van der Waals surface area contributed by atoms with E-state index < -0.39 is 0 Å². The standard InChI is InChI=1S/C29H35N3O.C11H18N2O2S.BrH/c1-21(33)30-19-12-20-32-25-16-10-8-14-23(25)29(4,5)27(32)18-11-17-26-28(2,3)22-13-7-9-15-24(22)31(26)6;1-7(14)4-2-3-5-9-10-8(6-16-9)12-11(15)13-10;/h7-11,13-18H,12,19-20H2,1-6H3;8-10H,2-6H2,1H3,(H2,12,13,15);1H. The van der Waals surface area contributed by atoms with Crippen LogP contribution in [0.2, 0.25) is 0 Å². The molecule has 3 N–H and O–H groups in total. The topological polar surface area (TPSA) is 93.6 Å². The van der Waals surface area contributed by atoms with Gasteiger partial charge in [0.25, 0.3) is 0 Å². The van der Waals surface area contributed by atoms with Crippen LogP contribution in [0.5, 0.6) is 0 Å². The highest BCUT2D eigenvalue weighted by atomic mass is 79.9. The second kappa shape index (κ2) is 16.8. The van der Waals surface area contributed by atoms with E-state index in [4.69, 9.17) is 0 Å². The van der Waals surface area contributed by atoms with Gasteiger partial charge in [-0.25, -0.2) is 4.79 Å². The molecule has 2 aromatic rings. The summed E-state index contributed by atoms with van der Waals surface area (Å²) in [7, 11) is 2.16. The molecule has 3 atom stereocenters. The van der Waals surface area contributed by atoms with E-state index in [0.717, 1.165) is 38.0 Å². The van der Waals surface area contributed by atoms with E-state index in [0.29, 0.717) is 30.3 Å². The first-order chi connectivity index (χ1) is 23.3. The highest BCUT2D eigenvalue weighted by molar-refractivity contribution is 8.00. The molecule has 3 unspecified atom stereocenters. The second-order valence-corrected chi connectivity index (χ2v) is 16.0. The molecule has 4 aliphatic heterocycles. The Balaban J connectivity index is 0.000000277. The number of nitrogens with zero attached hydrogens (tertiary/aromatic N) is 2. The number of fused-ring (bicyclic) bond motifs is 3. The number of halogens is 1. The SMILES string of the molecule is CC(=O)CCCCC1SCC2NC(=O)NC21.CC(=O)NCCCN1/C(=C\C=C\C2=[N+](C)c3ccccc3C2(C)C)C(C)(C)c2ccccc21.[Br-]. The van der Waals surface area contributed by atoms with Gasteiger partial charge in [0.2, 0.25) is 11.6 Å². The zero-order chi connectivity index (χ0) is 35.3. The van der Waals surface area contributed by atoms with Gasteiger partial charge in [-0.2, -0.15) is 16.3 Å². The van der Waals surface area contributed by atoms with Crippen LogP contribution in [0.3, 0.4) is 0 Å². The van der Waals surface area contributed by atoms with E-state index in [1.165, 1.54) is 33.9 Å². The number of ketones is 1. The van der Waals surface area contributed by atoms with Crippen LogP contribution in [-0.4, -0.2) is 71.2 Å². The molecular formula is C40H54BrN5O3S. The summed E-state index contributed by atoms with van der Waals surface area (Å²) in [5.74, 6) is 1.31. The summed E-state index contributed by atoms with van der Waals surface area (Å²) in [5, 5.41) is 9.36. The maximum atomic E-state index is 11.3. The second-order valence-electron chi connectivity index (χ2n) is 14.7. The monoisotopic (exact) mass is 763 g/mol. The minimum absolute atomic E-state index is 0. The van der Waals surface area contributed by atoms with Crippen molar-refractivity contribution in [1.82, 2.24) is 16.0 Å². The Bertz CT molecular complexity index is 1670. The number of hydrogen-bond acceptors (Lipinski definition) is 5. The van der Waals surface area contributed by atoms with Gasteiger partial charge in [0.15, 0.2) is 5.71 Å². The molecule has 8 nitrogen and oxygen atoms in total. The first-order valence-corrected chi connectivity index (χ1v) is 18.8. The third-order valence-electron chi connectivity index (χ3n) is 10.4. The molecule has 50 heavy (non-hydrogen) atoms. The van der Waals surface area contributed by atoms with Gasteiger partial charge in [0.1, 0.15) is 12.8 Å². The molecule has 2 saturated heterocycles. The Labute approximate surface area is 313 Å². The highest BCUT2D eigenvalue weighted by Gasteiger charge is 2.44. The number of benzene rings is 2. The number of unbranched alkanes of at least 4 members (excludes halogenated alkanes) is 1. The highest BCUT2D eigenvalue weighted by Crippen LogP contribution is 2.47. The number of carbonyl (C=O) groups is 3. The zero-order valence-corrected chi connectivity index (χ0v) is 33.0. The predicted octanol–water partition coefficient (Wildman–Crippen LogP) is 3.76. The molecule has 0 spiro atoms. The number of amides is 3. The Morgan fingerprint density at radius 2 is 1.68 bits per heavy atom. The molecule has 0 aliphatic carbocycles. The molecule has 10 heteroatoms. The zero-order valence-electron chi connectivity index (χ0n) is 30.6. The third-order valence-corrected chi connectivity index (χ3v) is 11.9. The lowest BCUT2D eigenvalue weighted by Crippen LogP contribution is -3.00. The van der Waals surface area contributed by atoms with Gasteiger partial charge in [-0.3, -0.25) is 4.79 Å². The number of allylic oxidation sites excluding steroid dienone is 4. The minimum atomic E-state index is -0.0837. The summed E-state index contributed by atoms with van der Waals surface area (Å²) in [6, 6.07) is 17.9. The molecular weight excluding hydrogens is 710 g/mol. The first-order valence-electron chi connectivity index (χ1n) is 17.7. The van der Waals surface area contributed by atoms with Crippen LogP contribution >= 0.6 is 11.8 Å². The van der Waals surface area contributed by atoms with Crippen LogP contribution < -0.4 is 37.8 Å². The minimum Gasteiger partial charge on any atom is -1.00 e. The molecule has 270 valence electrons. The van der Waals surface area contributed by atoms with Crippen molar-refractivity contribution in [2.24, 2.45) is 0 Å². The molecule has 0 aromatic heterocycles. The van der Waals surface area contributed by atoms with Crippen LogP contribution in [-0.2, 0) is 20.4 Å². The summed E-state index contributed by atoms with van der Waals surface area (Å²) in [4.78, 5) is 35.6. The number of para-hydroxylation sites is 2. The number of thioether (sulfide) groups is 1. The number of hydrogen-bond donors (Lipinski definition) is 3. The number of anilines is 1. The maximum absolute atomic E-state index is 11.3. The third kappa shape index (κ3) is 8.56. The van der Waals surface area contributed by atoms with Crippen LogP contribution in [0.1, 0.15) is 84.8 Å². The van der Waals surface area contributed by atoms with E-state index >= 15 is 0 Å². The quantitative estimate of drug-likeness (QED) is 0.184. The van der Waals surface area contributed by atoms with E-state index in [-0.39, 0.29) is 45.5 Å². The van der Waals surface area contributed by atoms with Crippen molar-refractivity contribution in [1.29, 1.82) is 0 Å². The van der Waals surface area contributed by atoms with Crippen molar-refractivity contribution in [3.05, 3.63) is 83.6 Å². The van der Waals surface area contributed by atoms with Crippen LogP contribution in [0, 0.1) is 0 Å². The Hall–Kier alpha value is -3.37. The van der Waals surface area contributed by atoms with E-state index in [1.54, 1.807) is 13.8 Å². The number of nitrogens with one attached hydrogen (secondary N) is 3. The molecule has 3 amide bonds. The number of Topliss-reactive ketones (excluding diaryl/α,β-unsaturated/α-hetero) is 1. The van der Waals surface area contributed by atoms with Crippen molar-refractivity contribution in [3.63, 3.8) is 0 Å². The van der Waals surface area contributed by atoms with Gasteiger partial charge >= 0.3 is 6.03 Å². The molecule has 0 bridgehead atoms. The fourth-order valence-corrected chi connectivity index (χ4v) is 9.32. The smallest absolute Gasteiger partial charge is 0.315 e. The van der Waals surface area contributed by atoms with Gasteiger partial charge in [-0.05, 0) is 57.7 Å². The van der Waals surface area contributed by atoms with Gasteiger partial charge in [0.05, 0.1) is 17.5 Å². The van der Waals surface area contributed by atoms with Crippen molar-refractivity contribution >= 4 is 46.6 Å². The molecule has 4 heterocycles. The molecule has 4 aliphatic rings. The number of rotatable bonds is 11. The fraction of sp³-hybridized carbons (Fsp3) is 0.500. The molecule has 0 saturated carbocycles. The normalized spacial score (nSPS) is 23.0.